The first-order valence-electron chi connectivity index (χ1n) is 9.07. The van der Waals surface area contributed by atoms with Crippen molar-refractivity contribution >= 4 is 17.1 Å². The third-order valence-electron chi connectivity index (χ3n) is 4.62. The predicted octanol–water partition coefficient (Wildman–Crippen LogP) is 2.81. The molecule has 0 saturated carbocycles. The van der Waals surface area contributed by atoms with Gasteiger partial charge in [0, 0.05) is 12.7 Å². The number of imidazole rings is 1. The molecule has 2 aromatic carbocycles. The van der Waals surface area contributed by atoms with Gasteiger partial charge < -0.3 is 5.32 Å². The number of hydrogen-bond acceptors (Lipinski definition) is 3. The Morgan fingerprint density at radius 1 is 1.00 bits per heavy atom. The molecule has 2 heterocycles. The topological polar surface area (TPSA) is 68.9 Å². The summed E-state index contributed by atoms with van der Waals surface area (Å²) >= 11 is 0. The number of amides is 1. The van der Waals surface area contributed by atoms with Gasteiger partial charge in [0.1, 0.15) is 6.54 Å². The molecule has 1 N–H and O–H groups in total. The first-order valence-corrected chi connectivity index (χ1v) is 9.07. The highest BCUT2D eigenvalue weighted by Gasteiger charge is 2.17. The van der Waals surface area contributed by atoms with Crippen molar-refractivity contribution in [2.24, 2.45) is 0 Å². The molecular formula is C22H20N4O2. The number of hydrogen-bond donors (Lipinski definition) is 1. The summed E-state index contributed by atoms with van der Waals surface area (Å²) in [6.45, 7) is 2.35. The highest BCUT2D eigenvalue weighted by molar-refractivity contribution is 5.80. The molecule has 0 aliphatic rings. The molecule has 1 amide bonds. The van der Waals surface area contributed by atoms with Gasteiger partial charge in [0.05, 0.1) is 11.2 Å². The molecule has 0 aliphatic heterocycles. The van der Waals surface area contributed by atoms with Crippen molar-refractivity contribution < 1.29 is 4.79 Å². The zero-order valence-electron chi connectivity index (χ0n) is 15.5. The van der Waals surface area contributed by atoms with Gasteiger partial charge in [-0.2, -0.15) is 0 Å². The average molecular weight is 372 g/mol. The molecule has 28 heavy (non-hydrogen) atoms. The fourth-order valence-electron chi connectivity index (χ4n) is 3.16. The van der Waals surface area contributed by atoms with Crippen LogP contribution in [0.5, 0.6) is 0 Å². The third-order valence-corrected chi connectivity index (χ3v) is 4.62. The van der Waals surface area contributed by atoms with Crippen molar-refractivity contribution in [1.29, 1.82) is 0 Å². The van der Waals surface area contributed by atoms with Crippen LogP contribution < -0.4 is 11.0 Å². The Bertz CT molecular complexity index is 1170. The standard InChI is InChI=1S/C22H20N4O2/c1-16-9-11-18(12-10-16)26-21-19(8-5-13-23-21)25(22(26)28)15-20(27)24-14-17-6-3-2-4-7-17/h2-13H,14-15H2,1H3,(H,24,27). The van der Waals surface area contributed by atoms with Crippen LogP contribution in [0.25, 0.3) is 16.9 Å². The number of nitrogens with zero attached hydrogens (tertiary/aromatic N) is 3. The van der Waals surface area contributed by atoms with Gasteiger partial charge in [-0.3, -0.25) is 9.36 Å². The summed E-state index contributed by atoms with van der Waals surface area (Å²) in [5, 5.41) is 2.87. The van der Waals surface area contributed by atoms with Gasteiger partial charge in [-0.1, -0.05) is 48.0 Å². The Morgan fingerprint density at radius 2 is 1.75 bits per heavy atom. The number of fused-ring (bicyclic) bond motifs is 1. The van der Waals surface area contributed by atoms with E-state index in [1.165, 1.54) is 4.57 Å². The van der Waals surface area contributed by atoms with E-state index in [0.29, 0.717) is 17.7 Å². The van der Waals surface area contributed by atoms with E-state index >= 15 is 0 Å². The SMILES string of the molecule is Cc1ccc(-n2c(=O)n(CC(=O)NCc3ccccc3)c3cccnc32)cc1. The zero-order valence-corrected chi connectivity index (χ0v) is 15.5. The van der Waals surface area contributed by atoms with Crippen LogP contribution in [0.3, 0.4) is 0 Å². The lowest BCUT2D eigenvalue weighted by molar-refractivity contribution is -0.121. The van der Waals surface area contributed by atoms with Crippen LogP contribution in [-0.4, -0.2) is 20.0 Å². The predicted molar refractivity (Wildman–Crippen MR) is 108 cm³/mol. The second kappa shape index (κ2) is 7.52. The fourth-order valence-corrected chi connectivity index (χ4v) is 3.16. The molecule has 0 atom stereocenters. The van der Waals surface area contributed by atoms with Gasteiger partial charge >= 0.3 is 5.69 Å². The van der Waals surface area contributed by atoms with Crippen molar-refractivity contribution in [1.82, 2.24) is 19.4 Å². The highest BCUT2D eigenvalue weighted by atomic mass is 16.2. The second-order valence-electron chi connectivity index (χ2n) is 6.65. The van der Waals surface area contributed by atoms with Gasteiger partial charge in [-0.15, -0.1) is 0 Å². The van der Waals surface area contributed by atoms with Crippen LogP contribution in [0.2, 0.25) is 0 Å². The van der Waals surface area contributed by atoms with E-state index in [1.807, 2.05) is 61.5 Å². The van der Waals surface area contributed by atoms with Gasteiger partial charge in [-0.25, -0.2) is 14.3 Å². The maximum atomic E-state index is 13.1. The molecule has 0 aliphatic carbocycles. The van der Waals surface area contributed by atoms with Gasteiger partial charge in [0.25, 0.3) is 0 Å². The molecule has 0 spiro atoms. The summed E-state index contributed by atoms with van der Waals surface area (Å²) in [6.07, 6.45) is 1.65. The normalized spacial score (nSPS) is 10.9. The Labute approximate surface area is 162 Å². The molecule has 6 heteroatoms. The van der Waals surface area contributed by atoms with Crippen molar-refractivity contribution in [3.05, 3.63) is 94.5 Å². The minimum absolute atomic E-state index is 0.0628. The minimum Gasteiger partial charge on any atom is -0.350 e. The Balaban J connectivity index is 1.66. The molecule has 4 rings (SSSR count). The lowest BCUT2D eigenvalue weighted by Crippen LogP contribution is -2.32. The molecule has 0 radical (unpaired) electrons. The summed E-state index contributed by atoms with van der Waals surface area (Å²) in [7, 11) is 0. The van der Waals surface area contributed by atoms with Crippen LogP contribution in [-0.2, 0) is 17.9 Å². The number of pyridine rings is 1. The Kier molecular flexibility index (Phi) is 4.76. The molecule has 0 bridgehead atoms. The monoisotopic (exact) mass is 372 g/mol. The summed E-state index contributed by atoms with van der Waals surface area (Å²) in [6, 6.07) is 20.9. The molecule has 2 aromatic heterocycles. The van der Waals surface area contributed by atoms with E-state index in [1.54, 1.807) is 22.9 Å². The number of benzene rings is 2. The maximum Gasteiger partial charge on any atom is 0.335 e. The summed E-state index contributed by atoms with van der Waals surface area (Å²) in [5.74, 6) is -0.224. The average Bonchev–Trinajstić information content (AvgIpc) is 3.00. The lowest BCUT2D eigenvalue weighted by Gasteiger charge is -2.06. The first kappa shape index (κ1) is 17.7. The zero-order chi connectivity index (χ0) is 19.5. The third kappa shape index (κ3) is 3.44. The van der Waals surface area contributed by atoms with Crippen molar-refractivity contribution in [3.8, 4) is 5.69 Å². The Hall–Kier alpha value is -3.67. The molecule has 0 saturated heterocycles. The molecular weight excluding hydrogens is 352 g/mol. The first-order chi connectivity index (χ1) is 13.6. The van der Waals surface area contributed by atoms with E-state index in [4.69, 9.17) is 0 Å². The smallest absolute Gasteiger partial charge is 0.335 e. The van der Waals surface area contributed by atoms with E-state index < -0.39 is 0 Å². The van der Waals surface area contributed by atoms with Crippen LogP contribution >= 0.6 is 0 Å². The van der Waals surface area contributed by atoms with E-state index in [0.717, 1.165) is 16.8 Å². The maximum absolute atomic E-state index is 13.1. The molecule has 140 valence electrons. The van der Waals surface area contributed by atoms with Crippen LogP contribution in [0.15, 0.2) is 77.7 Å². The van der Waals surface area contributed by atoms with E-state index in [2.05, 4.69) is 10.3 Å². The largest absolute Gasteiger partial charge is 0.350 e. The number of aryl methyl sites for hydroxylation is 1. The van der Waals surface area contributed by atoms with E-state index in [-0.39, 0.29) is 18.1 Å². The molecule has 6 nitrogen and oxygen atoms in total. The lowest BCUT2D eigenvalue weighted by atomic mass is 10.2. The number of aromatic nitrogens is 3. The molecule has 0 fully saturated rings. The highest BCUT2D eigenvalue weighted by Crippen LogP contribution is 2.16. The second-order valence-corrected chi connectivity index (χ2v) is 6.65. The van der Waals surface area contributed by atoms with Gasteiger partial charge in [0.15, 0.2) is 5.65 Å². The molecule has 4 aromatic rings. The van der Waals surface area contributed by atoms with Crippen LogP contribution in [0, 0.1) is 6.92 Å². The number of carbonyl (C=O) groups is 1. The van der Waals surface area contributed by atoms with Gasteiger partial charge in [0.2, 0.25) is 5.91 Å². The van der Waals surface area contributed by atoms with E-state index in [9.17, 15) is 9.59 Å². The van der Waals surface area contributed by atoms with Crippen molar-refractivity contribution in [2.45, 2.75) is 20.0 Å². The fraction of sp³-hybridized carbons (Fsp3) is 0.136. The Morgan fingerprint density at radius 3 is 2.50 bits per heavy atom. The van der Waals surface area contributed by atoms with Crippen molar-refractivity contribution in [3.63, 3.8) is 0 Å². The van der Waals surface area contributed by atoms with Crippen LogP contribution in [0.1, 0.15) is 11.1 Å². The number of nitrogens with one attached hydrogen (secondary N) is 1. The van der Waals surface area contributed by atoms with Crippen LogP contribution in [0.4, 0.5) is 0 Å². The van der Waals surface area contributed by atoms with Gasteiger partial charge in [-0.05, 0) is 36.8 Å². The summed E-state index contributed by atoms with van der Waals surface area (Å²) in [4.78, 5) is 29.9. The summed E-state index contributed by atoms with van der Waals surface area (Å²) < 4.78 is 3.00. The van der Waals surface area contributed by atoms with Crippen molar-refractivity contribution in [2.75, 3.05) is 0 Å². The quantitative estimate of drug-likeness (QED) is 0.586. The summed E-state index contributed by atoms with van der Waals surface area (Å²) in [5.41, 5.74) is 3.71. The minimum atomic E-state index is -0.285. The number of carbonyl (C=O) groups excluding carboxylic acids is 1. The number of rotatable bonds is 5. The molecule has 0 unspecified atom stereocenters.